The number of amides is 1. The zero-order chi connectivity index (χ0) is 17.6. The van der Waals surface area contributed by atoms with Crippen LogP contribution in [0, 0.1) is 6.92 Å². The summed E-state index contributed by atoms with van der Waals surface area (Å²) in [4.78, 5) is 20.9. The fourth-order valence-corrected chi connectivity index (χ4v) is 3.18. The van der Waals surface area contributed by atoms with Gasteiger partial charge in [0.25, 0.3) is 5.91 Å². The van der Waals surface area contributed by atoms with Crippen molar-refractivity contribution in [3.63, 3.8) is 0 Å². The summed E-state index contributed by atoms with van der Waals surface area (Å²) >= 11 is 7.57. The number of halogens is 1. The first-order valence-electron chi connectivity index (χ1n) is 7.69. The van der Waals surface area contributed by atoms with Crippen LogP contribution in [0.5, 0.6) is 0 Å². The van der Waals surface area contributed by atoms with E-state index in [0.29, 0.717) is 10.8 Å². The fraction of sp³-hybridized carbons (Fsp3) is 0.105. The van der Waals surface area contributed by atoms with E-state index in [9.17, 15) is 4.79 Å². The van der Waals surface area contributed by atoms with Gasteiger partial charge in [-0.3, -0.25) is 4.79 Å². The molecule has 0 aliphatic rings. The first kappa shape index (κ1) is 17.5. The smallest absolute Gasteiger partial charge is 0.275 e. The van der Waals surface area contributed by atoms with Crippen molar-refractivity contribution < 1.29 is 4.79 Å². The molecule has 0 aliphatic carbocycles. The van der Waals surface area contributed by atoms with Crippen LogP contribution in [0.25, 0.3) is 0 Å². The second-order valence-electron chi connectivity index (χ2n) is 5.45. The summed E-state index contributed by atoms with van der Waals surface area (Å²) < 4.78 is 0. The molecule has 6 heteroatoms. The number of nitrogens with zero attached hydrogens (tertiary/aromatic N) is 2. The number of rotatable bonds is 5. The first-order chi connectivity index (χ1) is 12.1. The molecule has 0 saturated carbocycles. The molecule has 3 aromatic rings. The molecule has 1 N–H and O–H groups in total. The summed E-state index contributed by atoms with van der Waals surface area (Å²) in [5.41, 5.74) is 3.25. The second-order valence-corrected chi connectivity index (χ2v) is 6.80. The predicted molar refractivity (Wildman–Crippen MR) is 102 cm³/mol. The van der Waals surface area contributed by atoms with Crippen molar-refractivity contribution in [2.24, 2.45) is 0 Å². The van der Waals surface area contributed by atoms with Crippen LogP contribution in [0.3, 0.4) is 0 Å². The highest BCUT2D eigenvalue weighted by atomic mass is 35.5. The summed E-state index contributed by atoms with van der Waals surface area (Å²) in [5.74, 6) is 0.374. The van der Waals surface area contributed by atoms with Crippen molar-refractivity contribution in [3.05, 3.63) is 82.6 Å². The third-order valence-electron chi connectivity index (χ3n) is 3.42. The molecule has 0 aliphatic heterocycles. The maximum absolute atomic E-state index is 12.4. The second kappa shape index (κ2) is 8.14. The highest BCUT2D eigenvalue weighted by molar-refractivity contribution is 7.98. The van der Waals surface area contributed by atoms with E-state index in [0.717, 1.165) is 5.75 Å². The molecule has 0 saturated heterocycles. The third-order valence-corrected chi connectivity index (χ3v) is 4.63. The average molecular weight is 370 g/mol. The standard InChI is InChI=1S/C19H16ClN3OS/c1-13-6-5-7-14(10-13)12-25-19-21-11-16(20)17(23-19)18(24)22-15-8-3-2-4-9-15/h2-11H,12H2,1H3,(H,22,24). The maximum Gasteiger partial charge on any atom is 0.275 e. The number of carbonyl (C=O) groups excluding carboxylic acids is 1. The Bertz CT molecular complexity index is 887. The van der Waals surface area contributed by atoms with Crippen LogP contribution in [-0.2, 0) is 5.75 Å². The van der Waals surface area contributed by atoms with Gasteiger partial charge in [-0.1, -0.05) is 71.4 Å². The fourth-order valence-electron chi connectivity index (χ4n) is 2.24. The Kier molecular flexibility index (Phi) is 5.68. The van der Waals surface area contributed by atoms with Gasteiger partial charge in [0.15, 0.2) is 10.9 Å². The number of anilines is 1. The van der Waals surface area contributed by atoms with Gasteiger partial charge in [0.1, 0.15) is 0 Å². The number of benzene rings is 2. The lowest BCUT2D eigenvalue weighted by molar-refractivity contribution is 0.102. The molecule has 0 fully saturated rings. The number of carbonyl (C=O) groups is 1. The van der Waals surface area contributed by atoms with Crippen LogP contribution in [0.4, 0.5) is 5.69 Å². The SMILES string of the molecule is Cc1cccc(CSc2ncc(Cl)c(C(=O)Nc3ccccc3)n2)c1. The Balaban J connectivity index is 1.72. The molecule has 25 heavy (non-hydrogen) atoms. The molecule has 0 bridgehead atoms. The molecule has 0 atom stereocenters. The molecule has 1 heterocycles. The van der Waals surface area contributed by atoms with Crippen molar-refractivity contribution in [1.29, 1.82) is 0 Å². The molecule has 0 radical (unpaired) electrons. The number of thioether (sulfide) groups is 1. The van der Waals surface area contributed by atoms with Crippen molar-refractivity contribution in [2.75, 3.05) is 5.32 Å². The molecule has 126 valence electrons. The molecular weight excluding hydrogens is 354 g/mol. The summed E-state index contributed by atoms with van der Waals surface area (Å²) in [6, 6.07) is 17.4. The number of nitrogens with one attached hydrogen (secondary N) is 1. The summed E-state index contributed by atoms with van der Waals surface area (Å²) in [6.45, 7) is 2.05. The lowest BCUT2D eigenvalue weighted by atomic mass is 10.2. The zero-order valence-corrected chi connectivity index (χ0v) is 15.1. The molecule has 0 unspecified atom stereocenters. The van der Waals surface area contributed by atoms with E-state index in [4.69, 9.17) is 11.6 Å². The van der Waals surface area contributed by atoms with E-state index >= 15 is 0 Å². The van der Waals surface area contributed by atoms with Gasteiger partial charge in [0, 0.05) is 11.4 Å². The van der Waals surface area contributed by atoms with Gasteiger partial charge in [-0.05, 0) is 24.6 Å². The molecule has 0 spiro atoms. The molecule has 3 rings (SSSR count). The number of hydrogen-bond acceptors (Lipinski definition) is 4. The summed E-state index contributed by atoms with van der Waals surface area (Å²) in [6.07, 6.45) is 1.47. The van der Waals surface area contributed by atoms with E-state index in [1.54, 1.807) is 12.1 Å². The molecule has 1 amide bonds. The van der Waals surface area contributed by atoms with Gasteiger partial charge in [0.2, 0.25) is 0 Å². The monoisotopic (exact) mass is 369 g/mol. The molecule has 1 aromatic heterocycles. The van der Waals surface area contributed by atoms with Crippen molar-refractivity contribution in [1.82, 2.24) is 9.97 Å². The Morgan fingerprint density at radius 1 is 1.16 bits per heavy atom. The molecule has 4 nitrogen and oxygen atoms in total. The highest BCUT2D eigenvalue weighted by Gasteiger charge is 2.14. The number of aryl methyl sites for hydroxylation is 1. The quantitative estimate of drug-likeness (QED) is 0.509. The van der Waals surface area contributed by atoms with Gasteiger partial charge in [-0.2, -0.15) is 0 Å². The van der Waals surface area contributed by atoms with Crippen LogP contribution in [0.15, 0.2) is 66.0 Å². The van der Waals surface area contributed by atoms with Crippen LogP contribution in [0.2, 0.25) is 5.02 Å². The number of para-hydroxylation sites is 1. The Labute approximate surface area is 155 Å². The van der Waals surface area contributed by atoms with Gasteiger partial charge < -0.3 is 5.32 Å². The van der Waals surface area contributed by atoms with E-state index < -0.39 is 0 Å². The van der Waals surface area contributed by atoms with E-state index in [2.05, 4.69) is 40.4 Å². The topological polar surface area (TPSA) is 54.9 Å². The highest BCUT2D eigenvalue weighted by Crippen LogP contribution is 2.23. The Hall–Kier alpha value is -2.37. The van der Waals surface area contributed by atoms with Crippen LogP contribution in [0.1, 0.15) is 21.6 Å². The molecular formula is C19H16ClN3OS. The van der Waals surface area contributed by atoms with E-state index in [-0.39, 0.29) is 16.6 Å². The van der Waals surface area contributed by atoms with Gasteiger partial charge in [0.05, 0.1) is 11.2 Å². The van der Waals surface area contributed by atoms with Crippen LogP contribution < -0.4 is 5.32 Å². The zero-order valence-electron chi connectivity index (χ0n) is 13.6. The van der Waals surface area contributed by atoms with Crippen LogP contribution >= 0.6 is 23.4 Å². The van der Waals surface area contributed by atoms with E-state index in [1.807, 2.05) is 24.3 Å². The lowest BCUT2D eigenvalue weighted by Gasteiger charge is -2.07. The van der Waals surface area contributed by atoms with Crippen molar-refractivity contribution >= 4 is 35.0 Å². The average Bonchev–Trinajstić information content (AvgIpc) is 2.62. The van der Waals surface area contributed by atoms with E-state index in [1.165, 1.54) is 29.1 Å². The minimum atomic E-state index is -0.351. The normalized spacial score (nSPS) is 10.5. The largest absolute Gasteiger partial charge is 0.321 e. The minimum Gasteiger partial charge on any atom is -0.321 e. The van der Waals surface area contributed by atoms with Crippen molar-refractivity contribution in [2.45, 2.75) is 17.8 Å². The first-order valence-corrected chi connectivity index (χ1v) is 9.05. The van der Waals surface area contributed by atoms with Gasteiger partial charge >= 0.3 is 0 Å². The lowest BCUT2D eigenvalue weighted by Crippen LogP contribution is -2.15. The predicted octanol–water partition coefficient (Wildman–Crippen LogP) is 4.98. The summed E-state index contributed by atoms with van der Waals surface area (Å²) in [5, 5.41) is 3.53. The third kappa shape index (κ3) is 4.81. The van der Waals surface area contributed by atoms with Crippen LogP contribution in [-0.4, -0.2) is 15.9 Å². The van der Waals surface area contributed by atoms with Gasteiger partial charge in [-0.25, -0.2) is 9.97 Å². The van der Waals surface area contributed by atoms with Crippen molar-refractivity contribution in [3.8, 4) is 0 Å². The Morgan fingerprint density at radius 2 is 1.96 bits per heavy atom. The van der Waals surface area contributed by atoms with Gasteiger partial charge in [-0.15, -0.1) is 0 Å². The number of hydrogen-bond donors (Lipinski definition) is 1. The molecule has 2 aromatic carbocycles. The summed E-state index contributed by atoms with van der Waals surface area (Å²) in [7, 11) is 0. The number of aromatic nitrogens is 2. The minimum absolute atomic E-state index is 0.173. The maximum atomic E-state index is 12.4. The Morgan fingerprint density at radius 3 is 2.72 bits per heavy atom.